The Bertz CT molecular complexity index is 1180. The number of aromatic nitrogens is 1. The molecule has 0 spiro atoms. The van der Waals surface area contributed by atoms with Crippen LogP contribution in [0.3, 0.4) is 0 Å². The summed E-state index contributed by atoms with van der Waals surface area (Å²) in [6.07, 6.45) is 2.00. The molecule has 0 saturated heterocycles. The number of benzene rings is 2. The van der Waals surface area contributed by atoms with E-state index in [9.17, 15) is 9.90 Å². The molecule has 0 bridgehead atoms. The highest BCUT2D eigenvalue weighted by atomic mass is 32.2. The number of carboxylic acids is 1. The lowest BCUT2D eigenvalue weighted by Crippen LogP contribution is -2.19. The van der Waals surface area contributed by atoms with Crippen LogP contribution in [0.5, 0.6) is 0 Å². The molecule has 1 N–H and O–H groups in total. The van der Waals surface area contributed by atoms with Crippen molar-refractivity contribution < 1.29 is 18.7 Å². The summed E-state index contributed by atoms with van der Waals surface area (Å²) in [4.78, 5) is 16.2. The van der Waals surface area contributed by atoms with E-state index < -0.39 is 11.2 Å². The number of nitrogens with zero attached hydrogens (tertiary/aromatic N) is 1. The van der Waals surface area contributed by atoms with E-state index in [4.69, 9.17) is 8.83 Å². The summed E-state index contributed by atoms with van der Waals surface area (Å²) in [6, 6.07) is 17.7. The molecule has 4 rings (SSSR count). The highest BCUT2D eigenvalue weighted by Crippen LogP contribution is 2.27. The minimum absolute atomic E-state index is 0.432. The SMILES string of the molecule is CCCS[C@H](Cc1ccc2oc(Cc3nc(-c4ccccc4)oc3C)cc2c1)C(=O)O. The summed E-state index contributed by atoms with van der Waals surface area (Å²) in [7, 11) is 0. The molecule has 6 heteroatoms. The molecule has 0 fully saturated rings. The number of rotatable bonds is 9. The topological polar surface area (TPSA) is 76.5 Å². The second-order valence-electron chi connectivity index (χ2n) is 7.55. The number of carboxylic acid groups (broad SMARTS) is 1. The molecule has 0 saturated carbocycles. The van der Waals surface area contributed by atoms with Crippen LogP contribution in [0.1, 0.15) is 36.1 Å². The van der Waals surface area contributed by atoms with Crippen LogP contribution >= 0.6 is 11.8 Å². The molecular formula is C25H25NO4S. The Morgan fingerprint density at radius 1 is 1.13 bits per heavy atom. The first-order valence-electron chi connectivity index (χ1n) is 10.4. The largest absolute Gasteiger partial charge is 0.480 e. The van der Waals surface area contributed by atoms with Crippen LogP contribution in [-0.4, -0.2) is 27.1 Å². The van der Waals surface area contributed by atoms with Gasteiger partial charge in [-0.1, -0.05) is 31.2 Å². The molecule has 160 valence electrons. The number of carbonyl (C=O) groups is 1. The van der Waals surface area contributed by atoms with E-state index in [2.05, 4.69) is 11.9 Å². The third-order valence-corrected chi connectivity index (χ3v) is 6.52. The van der Waals surface area contributed by atoms with E-state index in [1.807, 2.05) is 61.5 Å². The zero-order valence-electron chi connectivity index (χ0n) is 17.6. The molecule has 2 heterocycles. The number of hydrogen-bond donors (Lipinski definition) is 1. The summed E-state index contributed by atoms with van der Waals surface area (Å²) in [5, 5.41) is 10.0. The van der Waals surface area contributed by atoms with Crippen LogP contribution in [0.15, 0.2) is 63.4 Å². The second-order valence-corrected chi connectivity index (χ2v) is 8.86. The second kappa shape index (κ2) is 9.43. The predicted molar refractivity (Wildman–Crippen MR) is 124 cm³/mol. The zero-order chi connectivity index (χ0) is 21.8. The van der Waals surface area contributed by atoms with Crippen LogP contribution in [0.25, 0.3) is 22.4 Å². The first-order valence-corrected chi connectivity index (χ1v) is 11.5. The van der Waals surface area contributed by atoms with E-state index >= 15 is 0 Å². The van der Waals surface area contributed by atoms with Gasteiger partial charge in [0.15, 0.2) is 0 Å². The molecule has 2 aromatic heterocycles. The Morgan fingerprint density at radius 3 is 2.68 bits per heavy atom. The van der Waals surface area contributed by atoms with Gasteiger partial charge in [-0.05, 0) is 61.4 Å². The van der Waals surface area contributed by atoms with E-state index in [0.717, 1.165) is 51.5 Å². The first-order chi connectivity index (χ1) is 15.0. The molecule has 2 aromatic carbocycles. The summed E-state index contributed by atoms with van der Waals surface area (Å²) < 4.78 is 11.9. The van der Waals surface area contributed by atoms with Crippen LogP contribution < -0.4 is 0 Å². The van der Waals surface area contributed by atoms with Gasteiger partial charge < -0.3 is 13.9 Å². The predicted octanol–water partition coefficient (Wildman–Crippen LogP) is 6.13. The zero-order valence-corrected chi connectivity index (χ0v) is 18.4. The molecule has 31 heavy (non-hydrogen) atoms. The maximum Gasteiger partial charge on any atom is 0.316 e. The van der Waals surface area contributed by atoms with Gasteiger partial charge in [0.1, 0.15) is 22.4 Å². The summed E-state index contributed by atoms with van der Waals surface area (Å²) in [5.74, 6) is 2.27. The molecule has 0 unspecified atom stereocenters. The Balaban J connectivity index is 1.52. The highest BCUT2D eigenvalue weighted by Gasteiger charge is 2.19. The molecule has 0 radical (unpaired) electrons. The third kappa shape index (κ3) is 5.02. The lowest BCUT2D eigenvalue weighted by atomic mass is 10.1. The number of aliphatic carboxylic acids is 1. The minimum atomic E-state index is -0.762. The number of furan rings is 1. The minimum Gasteiger partial charge on any atom is -0.480 e. The molecule has 0 amide bonds. The molecule has 4 aromatic rings. The van der Waals surface area contributed by atoms with Crippen LogP contribution in [0, 0.1) is 6.92 Å². The van der Waals surface area contributed by atoms with Crippen molar-refractivity contribution >= 4 is 28.7 Å². The maximum atomic E-state index is 11.6. The molecule has 0 aliphatic rings. The summed E-state index contributed by atoms with van der Waals surface area (Å²) in [6.45, 7) is 3.97. The number of oxazole rings is 1. The standard InChI is InChI=1S/C25H25NO4S/c1-3-11-31-23(25(27)28)13-17-9-10-22-19(12-17)14-20(30-22)15-21-16(2)29-24(26-21)18-7-5-4-6-8-18/h4-10,12,14,23H,3,11,13,15H2,1-2H3,(H,27,28)/t23-/m1/s1. The molecule has 5 nitrogen and oxygen atoms in total. The lowest BCUT2D eigenvalue weighted by molar-refractivity contribution is -0.136. The normalized spacial score (nSPS) is 12.3. The summed E-state index contributed by atoms with van der Waals surface area (Å²) >= 11 is 1.50. The van der Waals surface area contributed by atoms with Gasteiger partial charge in [0.2, 0.25) is 5.89 Å². The average Bonchev–Trinajstić information content (AvgIpc) is 3.34. The van der Waals surface area contributed by atoms with Crippen molar-refractivity contribution in [1.82, 2.24) is 4.98 Å². The third-order valence-electron chi connectivity index (χ3n) is 5.11. The van der Waals surface area contributed by atoms with Gasteiger partial charge in [0, 0.05) is 10.9 Å². The fourth-order valence-corrected chi connectivity index (χ4v) is 4.49. The van der Waals surface area contributed by atoms with E-state index in [1.54, 1.807) is 0 Å². The van der Waals surface area contributed by atoms with Gasteiger partial charge in [0.05, 0.1) is 12.1 Å². The average molecular weight is 436 g/mol. The van der Waals surface area contributed by atoms with Crippen LogP contribution in [0.4, 0.5) is 0 Å². The van der Waals surface area contributed by atoms with Gasteiger partial charge >= 0.3 is 5.97 Å². The lowest BCUT2D eigenvalue weighted by Gasteiger charge is -2.11. The highest BCUT2D eigenvalue weighted by molar-refractivity contribution is 8.00. The Hall–Kier alpha value is -2.99. The molecule has 0 aliphatic heterocycles. The maximum absolute atomic E-state index is 11.6. The van der Waals surface area contributed by atoms with Crippen LogP contribution in [0.2, 0.25) is 0 Å². The van der Waals surface area contributed by atoms with Crippen molar-refractivity contribution in [3.05, 3.63) is 77.4 Å². The Morgan fingerprint density at radius 2 is 1.94 bits per heavy atom. The number of aryl methyl sites for hydroxylation is 1. The van der Waals surface area contributed by atoms with Gasteiger partial charge in [-0.2, -0.15) is 0 Å². The van der Waals surface area contributed by atoms with Crippen molar-refractivity contribution in [2.75, 3.05) is 5.75 Å². The van der Waals surface area contributed by atoms with E-state index in [-0.39, 0.29) is 0 Å². The number of thioether (sulfide) groups is 1. The van der Waals surface area contributed by atoms with Crippen molar-refractivity contribution in [2.45, 2.75) is 38.4 Å². The molecule has 0 aliphatic carbocycles. The number of hydrogen-bond acceptors (Lipinski definition) is 5. The van der Waals surface area contributed by atoms with Crippen molar-refractivity contribution in [2.24, 2.45) is 0 Å². The monoisotopic (exact) mass is 435 g/mol. The number of fused-ring (bicyclic) bond motifs is 1. The van der Waals surface area contributed by atoms with Crippen molar-refractivity contribution in [3.8, 4) is 11.5 Å². The molecule has 1 atom stereocenters. The molecular weight excluding hydrogens is 410 g/mol. The quantitative estimate of drug-likeness (QED) is 0.341. The Kier molecular flexibility index (Phi) is 6.47. The van der Waals surface area contributed by atoms with Crippen molar-refractivity contribution in [1.29, 1.82) is 0 Å². The fourth-order valence-electron chi connectivity index (χ4n) is 3.51. The van der Waals surface area contributed by atoms with E-state index in [0.29, 0.717) is 18.7 Å². The first kappa shape index (κ1) is 21.2. The summed E-state index contributed by atoms with van der Waals surface area (Å²) in [5.41, 5.74) is 3.58. The van der Waals surface area contributed by atoms with Gasteiger partial charge in [-0.25, -0.2) is 4.98 Å². The van der Waals surface area contributed by atoms with Gasteiger partial charge in [0.25, 0.3) is 0 Å². The fraction of sp³-hybridized carbons (Fsp3) is 0.280. The smallest absolute Gasteiger partial charge is 0.316 e. The van der Waals surface area contributed by atoms with Crippen molar-refractivity contribution in [3.63, 3.8) is 0 Å². The Labute approximate surface area is 185 Å². The van der Waals surface area contributed by atoms with Gasteiger partial charge in [-0.3, -0.25) is 4.79 Å². The van der Waals surface area contributed by atoms with Crippen LogP contribution in [-0.2, 0) is 17.6 Å². The van der Waals surface area contributed by atoms with Gasteiger partial charge in [-0.15, -0.1) is 11.8 Å². The van der Waals surface area contributed by atoms with E-state index in [1.165, 1.54) is 11.8 Å².